The summed E-state index contributed by atoms with van der Waals surface area (Å²) < 4.78 is 45.3. The van der Waals surface area contributed by atoms with E-state index >= 15 is 0 Å². The summed E-state index contributed by atoms with van der Waals surface area (Å²) in [6, 6.07) is 0. The molecule has 0 aromatic heterocycles. The van der Waals surface area contributed by atoms with Gasteiger partial charge in [0.15, 0.2) is 6.29 Å². The zero-order valence-electron chi connectivity index (χ0n) is 7.43. The van der Waals surface area contributed by atoms with Gasteiger partial charge in [0.05, 0.1) is 6.26 Å². The van der Waals surface area contributed by atoms with Crippen LogP contribution in [0.3, 0.4) is 0 Å². The van der Waals surface area contributed by atoms with Crippen molar-refractivity contribution in [2.45, 2.75) is 25.3 Å². The molecule has 1 heterocycles. The standard InChI is InChI=1S/C8H9F3O3/c1-13-6-3-2-5(4-14-6)7(12)8(9,10)11/h4,6H,2-3H2,1H3/t6-/m1/s1. The molecule has 14 heavy (non-hydrogen) atoms. The number of Topliss-reactive ketones (excluding diaryl/α,β-unsaturated/α-hetero) is 1. The van der Waals surface area contributed by atoms with Gasteiger partial charge in [-0.1, -0.05) is 0 Å². The molecule has 0 saturated heterocycles. The summed E-state index contributed by atoms with van der Waals surface area (Å²) in [4.78, 5) is 10.7. The van der Waals surface area contributed by atoms with E-state index in [0.29, 0.717) is 0 Å². The highest BCUT2D eigenvalue weighted by Gasteiger charge is 2.41. The first kappa shape index (κ1) is 11.0. The molecule has 1 aliphatic rings. The van der Waals surface area contributed by atoms with Crippen molar-refractivity contribution < 1.29 is 27.4 Å². The Morgan fingerprint density at radius 1 is 1.64 bits per heavy atom. The normalized spacial score (nSPS) is 22.6. The van der Waals surface area contributed by atoms with Crippen LogP contribution in [0.2, 0.25) is 0 Å². The number of allylic oxidation sites excluding steroid dienone is 1. The highest BCUT2D eigenvalue weighted by Crippen LogP contribution is 2.26. The van der Waals surface area contributed by atoms with E-state index in [9.17, 15) is 18.0 Å². The number of methoxy groups -OCH3 is 1. The summed E-state index contributed by atoms with van der Waals surface area (Å²) in [7, 11) is 1.38. The smallest absolute Gasteiger partial charge is 0.454 e. The van der Waals surface area contributed by atoms with Crippen molar-refractivity contribution in [1.29, 1.82) is 0 Å². The van der Waals surface area contributed by atoms with Crippen molar-refractivity contribution in [3.05, 3.63) is 11.8 Å². The molecule has 1 atom stereocenters. The lowest BCUT2D eigenvalue weighted by molar-refractivity contribution is -0.168. The lowest BCUT2D eigenvalue weighted by atomic mass is 10.1. The highest BCUT2D eigenvalue weighted by atomic mass is 19.4. The van der Waals surface area contributed by atoms with Crippen LogP contribution in [0.15, 0.2) is 11.8 Å². The van der Waals surface area contributed by atoms with Gasteiger partial charge in [0.2, 0.25) is 0 Å². The Bertz CT molecular complexity index is 257. The molecular weight excluding hydrogens is 201 g/mol. The molecule has 0 aliphatic carbocycles. The number of hydrogen-bond donors (Lipinski definition) is 0. The van der Waals surface area contributed by atoms with Crippen LogP contribution in [-0.2, 0) is 14.3 Å². The van der Waals surface area contributed by atoms with E-state index in [2.05, 4.69) is 0 Å². The monoisotopic (exact) mass is 210 g/mol. The lowest BCUT2D eigenvalue weighted by Crippen LogP contribution is -2.28. The van der Waals surface area contributed by atoms with Crippen molar-refractivity contribution in [3.8, 4) is 0 Å². The van der Waals surface area contributed by atoms with Crippen molar-refractivity contribution in [1.82, 2.24) is 0 Å². The molecule has 0 amide bonds. The van der Waals surface area contributed by atoms with E-state index in [1.165, 1.54) is 7.11 Å². The van der Waals surface area contributed by atoms with E-state index in [1.807, 2.05) is 0 Å². The molecule has 0 spiro atoms. The Labute approximate surface area is 78.5 Å². The van der Waals surface area contributed by atoms with Crippen LogP contribution in [0.4, 0.5) is 13.2 Å². The second-order valence-electron chi connectivity index (χ2n) is 2.81. The molecule has 0 fully saturated rings. The molecule has 0 radical (unpaired) electrons. The average molecular weight is 210 g/mol. The van der Waals surface area contributed by atoms with Gasteiger partial charge in [-0.15, -0.1) is 0 Å². The maximum absolute atomic E-state index is 11.9. The third-order valence-corrected chi connectivity index (χ3v) is 1.82. The fourth-order valence-corrected chi connectivity index (χ4v) is 1.08. The van der Waals surface area contributed by atoms with Crippen LogP contribution in [-0.4, -0.2) is 25.4 Å². The van der Waals surface area contributed by atoms with Crippen LogP contribution < -0.4 is 0 Å². The Balaban J connectivity index is 2.64. The molecule has 6 heteroatoms. The molecule has 1 aliphatic heterocycles. The van der Waals surface area contributed by atoms with E-state index < -0.39 is 18.2 Å². The minimum atomic E-state index is -4.82. The molecule has 1 rings (SSSR count). The fraction of sp³-hybridized carbons (Fsp3) is 0.625. The van der Waals surface area contributed by atoms with Gasteiger partial charge < -0.3 is 9.47 Å². The topological polar surface area (TPSA) is 35.5 Å². The maximum Gasteiger partial charge on any atom is 0.454 e. The first-order valence-corrected chi connectivity index (χ1v) is 3.94. The Morgan fingerprint density at radius 3 is 2.64 bits per heavy atom. The van der Waals surface area contributed by atoms with Gasteiger partial charge in [-0.05, 0) is 6.42 Å². The quantitative estimate of drug-likeness (QED) is 0.696. The van der Waals surface area contributed by atoms with E-state index in [4.69, 9.17) is 9.47 Å². The number of hydrogen-bond acceptors (Lipinski definition) is 3. The van der Waals surface area contributed by atoms with Crippen molar-refractivity contribution in [3.63, 3.8) is 0 Å². The molecule has 0 N–H and O–H groups in total. The van der Waals surface area contributed by atoms with E-state index in [0.717, 1.165) is 6.26 Å². The zero-order chi connectivity index (χ0) is 10.8. The minimum Gasteiger partial charge on any atom is -0.472 e. The van der Waals surface area contributed by atoms with Crippen molar-refractivity contribution >= 4 is 5.78 Å². The number of halogens is 3. The van der Waals surface area contributed by atoms with Gasteiger partial charge >= 0.3 is 6.18 Å². The largest absolute Gasteiger partial charge is 0.472 e. The van der Waals surface area contributed by atoms with Gasteiger partial charge in [0.25, 0.3) is 5.78 Å². The van der Waals surface area contributed by atoms with Crippen molar-refractivity contribution in [2.24, 2.45) is 0 Å². The zero-order valence-corrected chi connectivity index (χ0v) is 7.43. The van der Waals surface area contributed by atoms with Gasteiger partial charge in [0, 0.05) is 19.1 Å². The first-order valence-electron chi connectivity index (χ1n) is 3.94. The summed E-state index contributed by atoms with van der Waals surface area (Å²) in [6.45, 7) is 0. The van der Waals surface area contributed by atoms with Gasteiger partial charge in [-0.25, -0.2) is 0 Å². The van der Waals surface area contributed by atoms with Crippen LogP contribution in [0.25, 0.3) is 0 Å². The van der Waals surface area contributed by atoms with Crippen LogP contribution in [0.1, 0.15) is 12.8 Å². The number of ketones is 1. The van der Waals surface area contributed by atoms with Crippen LogP contribution >= 0.6 is 0 Å². The third kappa shape index (κ3) is 2.47. The second kappa shape index (κ2) is 4.00. The summed E-state index contributed by atoms with van der Waals surface area (Å²) in [6.07, 6.45) is -4.27. The Morgan fingerprint density at radius 2 is 2.29 bits per heavy atom. The van der Waals surface area contributed by atoms with Crippen LogP contribution in [0.5, 0.6) is 0 Å². The first-order chi connectivity index (χ1) is 6.45. The Hall–Kier alpha value is -1.04. The Kier molecular flexibility index (Phi) is 3.15. The molecule has 0 aromatic rings. The number of rotatable bonds is 2. The predicted molar refractivity (Wildman–Crippen MR) is 40.3 cm³/mol. The van der Waals surface area contributed by atoms with Gasteiger partial charge in [-0.2, -0.15) is 13.2 Å². The number of carbonyl (C=O) groups excluding carboxylic acids is 1. The van der Waals surface area contributed by atoms with Gasteiger partial charge in [0.1, 0.15) is 0 Å². The minimum absolute atomic E-state index is 0.0247. The van der Waals surface area contributed by atoms with Crippen molar-refractivity contribution in [2.75, 3.05) is 7.11 Å². The number of alkyl halides is 3. The molecule has 0 saturated carbocycles. The summed E-state index contributed by atoms with van der Waals surface area (Å²) >= 11 is 0. The maximum atomic E-state index is 11.9. The van der Waals surface area contributed by atoms with E-state index in [1.54, 1.807) is 0 Å². The number of ether oxygens (including phenoxy) is 2. The molecular formula is C8H9F3O3. The SMILES string of the molecule is CO[C@H]1CCC(C(=O)C(F)(F)F)=CO1. The third-order valence-electron chi connectivity index (χ3n) is 1.82. The fourth-order valence-electron chi connectivity index (χ4n) is 1.08. The van der Waals surface area contributed by atoms with Gasteiger partial charge in [-0.3, -0.25) is 4.79 Å². The highest BCUT2D eigenvalue weighted by molar-refractivity contribution is 5.99. The summed E-state index contributed by atoms with van der Waals surface area (Å²) in [5.41, 5.74) is -0.356. The summed E-state index contributed by atoms with van der Waals surface area (Å²) in [5.74, 6) is -1.84. The lowest BCUT2D eigenvalue weighted by Gasteiger charge is -2.21. The molecule has 0 unspecified atom stereocenters. The molecule has 0 bridgehead atoms. The van der Waals surface area contributed by atoms with E-state index in [-0.39, 0.29) is 18.4 Å². The van der Waals surface area contributed by atoms with Crippen LogP contribution in [0, 0.1) is 0 Å². The average Bonchev–Trinajstić information content (AvgIpc) is 2.15. The second-order valence-corrected chi connectivity index (χ2v) is 2.81. The summed E-state index contributed by atoms with van der Waals surface area (Å²) in [5, 5.41) is 0. The number of carbonyl (C=O) groups is 1. The predicted octanol–water partition coefficient (Wildman–Crippen LogP) is 1.78. The molecule has 80 valence electrons. The molecule has 0 aromatic carbocycles. The molecule has 3 nitrogen and oxygen atoms in total.